The number of likely N-dealkylation sites (tertiary alicyclic amines) is 1. The Labute approximate surface area is 129 Å². The van der Waals surface area contributed by atoms with Gasteiger partial charge in [0.25, 0.3) is 0 Å². The molecule has 0 aromatic heterocycles. The van der Waals surface area contributed by atoms with Gasteiger partial charge in [-0.15, -0.1) is 11.8 Å². The van der Waals surface area contributed by atoms with Crippen LogP contribution in [0.25, 0.3) is 0 Å². The maximum atomic E-state index is 12.8. The van der Waals surface area contributed by atoms with E-state index in [9.17, 15) is 9.59 Å². The van der Waals surface area contributed by atoms with E-state index in [1.54, 1.807) is 11.8 Å². The van der Waals surface area contributed by atoms with Gasteiger partial charge >= 0.3 is 0 Å². The molecule has 2 heterocycles. The average molecular weight is 304 g/mol. The lowest BCUT2D eigenvalue weighted by atomic mass is 9.96. The van der Waals surface area contributed by atoms with E-state index in [0.29, 0.717) is 6.54 Å². The lowest BCUT2D eigenvalue weighted by molar-refractivity contribution is -0.134. The highest BCUT2D eigenvalue weighted by Crippen LogP contribution is 2.38. The Balaban J connectivity index is 1.78. The lowest BCUT2D eigenvalue weighted by Gasteiger charge is -2.35. The number of hydrogen-bond acceptors (Lipinski definition) is 3. The molecule has 1 aromatic rings. The van der Waals surface area contributed by atoms with Crippen LogP contribution >= 0.6 is 11.8 Å². The molecule has 2 amide bonds. The number of carbonyl (C=O) groups excluding carboxylic acids is 2. The molecule has 4 nitrogen and oxygen atoms in total. The van der Waals surface area contributed by atoms with E-state index in [1.165, 1.54) is 5.56 Å². The normalized spacial score (nSPS) is 25.2. The first-order valence-corrected chi connectivity index (χ1v) is 8.49. The van der Waals surface area contributed by atoms with Crippen molar-refractivity contribution in [3.63, 3.8) is 0 Å². The first-order chi connectivity index (χ1) is 10.2. The summed E-state index contributed by atoms with van der Waals surface area (Å²) in [5.41, 5.74) is 7.82. The van der Waals surface area contributed by atoms with E-state index < -0.39 is 0 Å². The number of carbonyl (C=O) groups is 2. The van der Waals surface area contributed by atoms with Crippen LogP contribution in [0.15, 0.2) is 24.3 Å². The van der Waals surface area contributed by atoms with E-state index >= 15 is 0 Å². The minimum atomic E-state index is -0.288. The van der Waals surface area contributed by atoms with Gasteiger partial charge in [-0.2, -0.15) is 0 Å². The number of thioether (sulfide) groups is 1. The van der Waals surface area contributed by atoms with Crippen LogP contribution in [-0.4, -0.2) is 35.6 Å². The summed E-state index contributed by atoms with van der Waals surface area (Å²) in [5.74, 6) is 0.634. The van der Waals surface area contributed by atoms with Gasteiger partial charge < -0.3 is 10.6 Å². The quantitative estimate of drug-likeness (QED) is 0.905. The van der Waals surface area contributed by atoms with Crippen molar-refractivity contribution in [1.29, 1.82) is 0 Å². The predicted octanol–water partition coefficient (Wildman–Crippen LogP) is 1.74. The molecule has 5 heteroatoms. The molecule has 0 unspecified atom stereocenters. The number of primary amides is 1. The van der Waals surface area contributed by atoms with Crippen LogP contribution in [0.4, 0.5) is 0 Å². The van der Waals surface area contributed by atoms with Crippen molar-refractivity contribution in [2.45, 2.75) is 24.5 Å². The minimum absolute atomic E-state index is 0.124. The number of nitrogens with two attached hydrogens (primary N) is 1. The molecule has 1 saturated heterocycles. The highest BCUT2D eigenvalue weighted by Gasteiger charge is 2.34. The molecule has 1 aromatic carbocycles. The molecule has 112 valence electrons. The summed E-state index contributed by atoms with van der Waals surface area (Å²) in [4.78, 5) is 26.0. The molecule has 2 aliphatic rings. The highest BCUT2D eigenvalue weighted by molar-refractivity contribution is 8.00. The van der Waals surface area contributed by atoms with Crippen molar-refractivity contribution >= 4 is 23.6 Å². The molecular weight excluding hydrogens is 284 g/mol. The van der Waals surface area contributed by atoms with E-state index in [-0.39, 0.29) is 23.0 Å². The zero-order chi connectivity index (χ0) is 14.8. The Hall–Kier alpha value is -1.49. The average Bonchev–Trinajstić information content (AvgIpc) is 2.53. The number of amides is 2. The molecule has 3 rings (SSSR count). The van der Waals surface area contributed by atoms with E-state index in [2.05, 4.69) is 12.1 Å². The Morgan fingerprint density at radius 2 is 2.10 bits per heavy atom. The number of piperidine rings is 1. The third-order valence-corrected chi connectivity index (χ3v) is 5.58. The van der Waals surface area contributed by atoms with Gasteiger partial charge in [-0.05, 0) is 36.1 Å². The summed E-state index contributed by atoms with van der Waals surface area (Å²) in [5, 5.41) is -0.124. The lowest BCUT2D eigenvalue weighted by Crippen LogP contribution is -2.45. The maximum Gasteiger partial charge on any atom is 0.240 e. The van der Waals surface area contributed by atoms with Gasteiger partial charge in [0.15, 0.2) is 0 Å². The molecule has 0 aliphatic carbocycles. The van der Waals surface area contributed by atoms with Crippen LogP contribution in [0, 0.1) is 5.92 Å². The summed E-state index contributed by atoms with van der Waals surface area (Å²) in [6, 6.07) is 8.19. The second-order valence-electron chi connectivity index (χ2n) is 5.73. The van der Waals surface area contributed by atoms with Gasteiger partial charge in [-0.25, -0.2) is 0 Å². The van der Waals surface area contributed by atoms with Crippen molar-refractivity contribution < 1.29 is 9.59 Å². The fourth-order valence-electron chi connectivity index (χ4n) is 3.17. The van der Waals surface area contributed by atoms with Gasteiger partial charge in [-0.3, -0.25) is 9.59 Å². The molecule has 2 aliphatic heterocycles. The standard InChI is InChI=1S/C16H20N2O2S/c17-15(19)12-5-3-8-18(10-12)16(20)14-13-6-2-1-4-11(13)7-9-21-14/h1-2,4,6,12,14H,3,5,7-10H2,(H2,17,19)/t12-,14-/m0/s1. The van der Waals surface area contributed by atoms with Crippen molar-refractivity contribution in [3.05, 3.63) is 35.4 Å². The number of fused-ring (bicyclic) bond motifs is 1. The van der Waals surface area contributed by atoms with Gasteiger partial charge in [0.05, 0.1) is 5.92 Å². The zero-order valence-corrected chi connectivity index (χ0v) is 12.8. The zero-order valence-electron chi connectivity index (χ0n) is 12.0. The third-order valence-electron chi connectivity index (χ3n) is 4.35. The summed E-state index contributed by atoms with van der Waals surface area (Å²) in [6.45, 7) is 1.22. The minimum Gasteiger partial charge on any atom is -0.369 e. The molecule has 0 saturated carbocycles. The largest absolute Gasteiger partial charge is 0.369 e. The molecule has 1 fully saturated rings. The van der Waals surface area contributed by atoms with Gasteiger partial charge in [0.2, 0.25) is 11.8 Å². The van der Waals surface area contributed by atoms with Gasteiger partial charge in [0, 0.05) is 13.1 Å². The predicted molar refractivity (Wildman–Crippen MR) is 83.8 cm³/mol. The van der Waals surface area contributed by atoms with E-state index in [4.69, 9.17) is 5.73 Å². The number of benzene rings is 1. The fourth-order valence-corrected chi connectivity index (χ4v) is 4.45. The van der Waals surface area contributed by atoms with E-state index in [0.717, 1.165) is 37.1 Å². The second kappa shape index (κ2) is 6.10. The molecule has 0 radical (unpaired) electrons. The Kier molecular flexibility index (Phi) is 4.19. The number of hydrogen-bond donors (Lipinski definition) is 1. The Morgan fingerprint density at radius 3 is 2.90 bits per heavy atom. The topological polar surface area (TPSA) is 63.4 Å². The van der Waals surface area contributed by atoms with Crippen molar-refractivity contribution in [3.8, 4) is 0 Å². The first kappa shape index (κ1) is 14.4. The van der Waals surface area contributed by atoms with Crippen molar-refractivity contribution in [2.75, 3.05) is 18.8 Å². The Morgan fingerprint density at radius 1 is 1.29 bits per heavy atom. The molecule has 21 heavy (non-hydrogen) atoms. The van der Waals surface area contributed by atoms with Crippen LogP contribution in [0.3, 0.4) is 0 Å². The SMILES string of the molecule is NC(=O)[C@H]1CCCN(C(=O)[C@H]2SCCc3ccccc32)C1. The number of rotatable bonds is 2. The molecule has 2 N–H and O–H groups in total. The Bertz CT molecular complexity index is 561. The van der Waals surface area contributed by atoms with Crippen LogP contribution in [0.2, 0.25) is 0 Å². The highest BCUT2D eigenvalue weighted by atomic mass is 32.2. The van der Waals surface area contributed by atoms with Crippen molar-refractivity contribution in [1.82, 2.24) is 4.90 Å². The number of nitrogens with zero attached hydrogens (tertiary/aromatic N) is 1. The summed E-state index contributed by atoms with van der Waals surface area (Å²) in [7, 11) is 0. The third kappa shape index (κ3) is 2.93. The molecule has 0 spiro atoms. The summed E-state index contributed by atoms with van der Waals surface area (Å²) >= 11 is 1.71. The van der Waals surface area contributed by atoms with Crippen LogP contribution in [0.1, 0.15) is 29.2 Å². The molecular formula is C16H20N2O2S. The monoisotopic (exact) mass is 304 g/mol. The molecule has 0 bridgehead atoms. The second-order valence-corrected chi connectivity index (χ2v) is 6.94. The number of aryl methyl sites for hydroxylation is 1. The molecule has 2 atom stereocenters. The van der Waals surface area contributed by atoms with Crippen molar-refractivity contribution in [2.24, 2.45) is 11.7 Å². The maximum absolute atomic E-state index is 12.8. The van der Waals surface area contributed by atoms with Crippen LogP contribution < -0.4 is 5.73 Å². The van der Waals surface area contributed by atoms with Crippen LogP contribution in [-0.2, 0) is 16.0 Å². The smallest absolute Gasteiger partial charge is 0.240 e. The summed E-state index contributed by atoms with van der Waals surface area (Å²) in [6.07, 6.45) is 2.68. The van der Waals surface area contributed by atoms with E-state index in [1.807, 2.05) is 17.0 Å². The first-order valence-electron chi connectivity index (χ1n) is 7.44. The van der Waals surface area contributed by atoms with Crippen LogP contribution in [0.5, 0.6) is 0 Å². The summed E-state index contributed by atoms with van der Waals surface area (Å²) < 4.78 is 0. The van der Waals surface area contributed by atoms with Gasteiger partial charge in [0.1, 0.15) is 5.25 Å². The fraction of sp³-hybridized carbons (Fsp3) is 0.500. The van der Waals surface area contributed by atoms with Gasteiger partial charge in [-0.1, -0.05) is 24.3 Å².